The number of anilines is 1. The standard InChI is InChI=1S/C15H18N4/c1-4-13-9-14(19(3)17-13)11-18(2)15-8-6-5-7-12(15)10-16/h5-9H,4,11H2,1-3H3. The van der Waals surface area contributed by atoms with E-state index < -0.39 is 0 Å². The quantitative estimate of drug-likeness (QED) is 0.842. The van der Waals surface area contributed by atoms with Gasteiger partial charge in [-0.3, -0.25) is 4.68 Å². The lowest BCUT2D eigenvalue weighted by Gasteiger charge is -2.20. The average molecular weight is 254 g/mol. The third kappa shape index (κ3) is 2.76. The summed E-state index contributed by atoms with van der Waals surface area (Å²) < 4.78 is 1.91. The molecule has 0 amide bonds. The van der Waals surface area contributed by atoms with Gasteiger partial charge in [-0.1, -0.05) is 19.1 Å². The Labute approximate surface area is 113 Å². The van der Waals surface area contributed by atoms with Crippen molar-refractivity contribution in [3.8, 4) is 6.07 Å². The second kappa shape index (κ2) is 5.57. The second-order valence-corrected chi connectivity index (χ2v) is 4.59. The van der Waals surface area contributed by atoms with Gasteiger partial charge in [0.25, 0.3) is 0 Å². The number of nitrogens with zero attached hydrogens (tertiary/aromatic N) is 4. The highest BCUT2D eigenvalue weighted by molar-refractivity contribution is 5.58. The molecular weight excluding hydrogens is 236 g/mol. The molecule has 0 saturated carbocycles. The molecule has 19 heavy (non-hydrogen) atoms. The van der Waals surface area contributed by atoms with Crippen LogP contribution in [0.4, 0.5) is 5.69 Å². The van der Waals surface area contributed by atoms with Gasteiger partial charge in [-0.15, -0.1) is 0 Å². The number of nitriles is 1. The Balaban J connectivity index is 2.23. The van der Waals surface area contributed by atoms with E-state index in [0.29, 0.717) is 5.56 Å². The first kappa shape index (κ1) is 13.2. The van der Waals surface area contributed by atoms with Crippen molar-refractivity contribution in [3.63, 3.8) is 0 Å². The van der Waals surface area contributed by atoms with Crippen LogP contribution >= 0.6 is 0 Å². The molecule has 0 saturated heterocycles. The van der Waals surface area contributed by atoms with E-state index in [4.69, 9.17) is 5.26 Å². The van der Waals surface area contributed by atoms with E-state index in [9.17, 15) is 0 Å². The summed E-state index contributed by atoms with van der Waals surface area (Å²) in [6, 6.07) is 12.0. The molecule has 2 rings (SSSR count). The summed E-state index contributed by atoms with van der Waals surface area (Å²) in [6.07, 6.45) is 0.937. The first-order valence-corrected chi connectivity index (χ1v) is 6.37. The molecule has 0 unspecified atom stereocenters. The summed E-state index contributed by atoms with van der Waals surface area (Å²) in [5.41, 5.74) is 3.89. The number of aromatic nitrogens is 2. The van der Waals surface area contributed by atoms with Gasteiger partial charge in [-0.2, -0.15) is 10.4 Å². The molecule has 0 aliphatic carbocycles. The molecule has 4 heteroatoms. The molecule has 1 heterocycles. The Morgan fingerprint density at radius 1 is 1.37 bits per heavy atom. The van der Waals surface area contributed by atoms with Gasteiger partial charge in [0.05, 0.1) is 29.2 Å². The minimum absolute atomic E-state index is 0.697. The van der Waals surface area contributed by atoms with Crippen LogP contribution in [-0.2, 0) is 20.0 Å². The second-order valence-electron chi connectivity index (χ2n) is 4.59. The third-order valence-electron chi connectivity index (χ3n) is 3.22. The van der Waals surface area contributed by atoms with Gasteiger partial charge in [0.2, 0.25) is 0 Å². The van der Waals surface area contributed by atoms with Crippen molar-refractivity contribution >= 4 is 5.69 Å². The highest BCUT2D eigenvalue weighted by Crippen LogP contribution is 2.20. The molecule has 0 atom stereocenters. The fraction of sp³-hybridized carbons (Fsp3) is 0.333. The lowest BCUT2D eigenvalue weighted by atomic mass is 10.1. The zero-order chi connectivity index (χ0) is 13.8. The molecule has 98 valence electrons. The Kier molecular flexibility index (Phi) is 3.86. The Hall–Kier alpha value is -2.28. The topological polar surface area (TPSA) is 44.9 Å². The highest BCUT2D eigenvalue weighted by Gasteiger charge is 2.10. The lowest BCUT2D eigenvalue weighted by molar-refractivity contribution is 0.689. The van der Waals surface area contributed by atoms with E-state index in [-0.39, 0.29) is 0 Å². The maximum Gasteiger partial charge on any atom is 0.101 e. The van der Waals surface area contributed by atoms with Crippen molar-refractivity contribution in [3.05, 3.63) is 47.3 Å². The number of aryl methyl sites for hydroxylation is 2. The molecular formula is C15H18N4. The van der Waals surface area contributed by atoms with Crippen LogP contribution in [0.1, 0.15) is 23.9 Å². The van der Waals surface area contributed by atoms with Crippen LogP contribution in [0.25, 0.3) is 0 Å². The van der Waals surface area contributed by atoms with Crippen molar-refractivity contribution in [2.75, 3.05) is 11.9 Å². The zero-order valence-corrected chi connectivity index (χ0v) is 11.6. The maximum atomic E-state index is 9.14. The largest absolute Gasteiger partial charge is 0.368 e. The van der Waals surface area contributed by atoms with Crippen LogP contribution in [0.15, 0.2) is 30.3 Å². The predicted octanol–water partition coefficient (Wildman–Crippen LogP) is 2.49. The van der Waals surface area contributed by atoms with Crippen LogP contribution in [0.5, 0.6) is 0 Å². The summed E-state index contributed by atoms with van der Waals surface area (Å²) in [6.45, 7) is 2.84. The van der Waals surface area contributed by atoms with Gasteiger partial charge in [-0.05, 0) is 24.6 Å². The van der Waals surface area contributed by atoms with E-state index in [2.05, 4.69) is 29.1 Å². The van der Waals surface area contributed by atoms with Crippen molar-refractivity contribution in [2.24, 2.45) is 7.05 Å². The van der Waals surface area contributed by atoms with Crippen molar-refractivity contribution in [1.29, 1.82) is 5.26 Å². The molecule has 0 aliphatic heterocycles. The van der Waals surface area contributed by atoms with Crippen molar-refractivity contribution < 1.29 is 0 Å². The number of hydrogen-bond acceptors (Lipinski definition) is 3. The summed E-state index contributed by atoms with van der Waals surface area (Å²) in [5, 5.41) is 13.6. The Bertz CT molecular complexity index is 607. The van der Waals surface area contributed by atoms with Crippen LogP contribution in [0.2, 0.25) is 0 Å². The molecule has 1 aromatic heterocycles. The number of benzene rings is 1. The molecule has 0 radical (unpaired) electrons. The molecule has 2 aromatic rings. The van der Waals surface area contributed by atoms with Crippen LogP contribution in [-0.4, -0.2) is 16.8 Å². The summed E-state index contributed by atoms with van der Waals surface area (Å²) in [4.78, 5) is 2.08. The normalized spacial score (nSPS) is 10.2. The van der Waals surface area contributed by atoms with Crippen molar-refractivity contribution in [1.82, 2.24) is 9.78 Å². The first-order valence-electron chi connectivity index (χ1n) is 6.37. The van der Waals surface area contributed by atoms with Gasteiger partial charge in [0.1, 0.15) is 6.07 Å². The SMILES string of the molecule is CCc1cc(CN(C)c2ccccc2C#N)n(C)n1. The Morgan fingerprint density at radius 3 is 2.74 bits per heavy atom. The fourth-order valence-electron chi connectivity index (χ4n) is 2.12. The first-order chi connectivity index (χ1) is 9.15. The van der Waals surface area contributed by atoms with E-state index in [1.807, 2.05) is 43.0 Å². The number of hydrogen-bond donors (Lipinski definition) is 0. The molecule has 0 spiro atoms. The van der Waals surface area contributed by atoms with E-state index in [1.54, 1.807) is 0 Å². The van der Waals surface area contributed by atoms with Gasteiger partial charge < -0.3 is 4.90 Å². The van der Waals surface area contributed by atoms with E-state index >= 15 is 0 Å². The van der Waals surface area contributed by atoms with Gasteiger partial charge in [0, 0.05) is 14.1 Å². The molecule has 0 fully saturated rings. The van der Waals surface area contributed by atoms with Gasteiger partial charge in [0.15, 0.2) is 0 Å². The fourth-order valence-corrected chi connectivity index (χ4v) is 2.12. The summed E-state index contributed by atoms with van der Waals surface area (Å²) in [7, 11) is 3.95. The molecule has 0 N–H and O–H groups in total. The lowest BCUT2D eigenvalue weighted by Crippen LogP contribution is -2.19. The minimum Gasteiger partial charge on any atom is -0.368 e. The van der Waals surface area contributed by atoms with Gasteiger partial charge >= 0.3 is 0 Å². The van der Waals surface area contributed by atoms with Crippen LogP contribution < -0.4 is 4.90 Å². The van der Waals surface area contributed by atoms with Crippen molar-refractivity contribution in [2.45, 2.75) is 19.9 Å². The van der Waals surface area contributed by atoms with Crippen LogP contribution in [0.3, 0.4) is 0 Å². The minimum atomic E-state index is 0.697. The van der Waals surface area contributed by atoms with E-state index in [1.165, 1.54) is 0 Å². The monoisotopic (exact) mass is 254 g/mol. The van der Waals surface area contributed by atoms with E-state index in [0.717, 1.165) is 30.0 Å². The average Bonchev–Trinajstić information content (AvgIpc) is 2.79. The smallest absolute Gasteiger partial charge is 0.101 e. The highest BCUT2D eigenvalue weighted by atomic mass is 15.3. The predicted molar refractivity (Wildman–Crippen MR) is 75.9 cm³/mol. The third-order valence-corrected chi connectivity index (χ3v) is 3.22. The zero-order valence-electron chi connectivity index (χ0n) is 11.6. The number of para-hydroxylation sites is 1. The number of rotatable bonds is 4. The Morgan fingerprint density at radius 2 is 2.11 bits per heavy atom. The summed E-state index contributed by atoms with van der Waals surface area (Å²) in [5.74, 6) is 0. The molecule has 0 aliphatic rings. The van der Waals surface area contributed by atoms with Gasteiger partial charge in [-0.25, -0.2) is 0 Å². The summed E-state index contributed by atoms with van der Waals surface area (Å²) >= 11 is 0. The maximum absolute atomic E-state index is 9.14. The molecule has 0 bridgehead atoms. The molecule has 1 aromatic carbocycles. The molecule has 4 nitrogen and oxygen atoms in total. The van der Waals surface area contributed by atoms with Crippen LogP contribution in [0, 0.1) is 11.3 Å².